The molecule has 0 aromatic carbocycles. The number of nitrogens with one attached hydrogen (secondary N) is 2. The number of likely N-dealkylation sites (tertiary alicyclic amines) is 1. The van der Waals surface area contributed by atoms with Crippen molar-refractivity contribution < 1.29 is 29.4 Å². The van der Waals surface area contributed by atoms with E-state index in [0.717, 1.165) is 55.2 Å². The summed E-state index contributed by atoms with van der Waals surface area (Å²) in [5.74, 6) is -0.617. The van der Waals surface area contributed by atoms with Crippen LogP contribution in [0.5, 0.6) is 0 Å². The number of amides is 3. The van der Waals surface area contributed by atoms with E-state index in [1.807, 2.05) is 6.07 Å². The molecule has 1 spiro atoms. The number of hydrogen-bond donors (Lipinski definition) is 4. The maximum Gasteiger partial charge on any atom is 0.321 e. The monoisotopic (exact) mass is 552 g/mol. The Kier molecular flexibility index (Phi) is 10.4. The maximum absolute atomic E-state index is 13.7. The minimum Gasteiger partial charge on any atom is -0.390 e. The number of unbranched alkanes of at least 4 members (excludes halogenated alkanes) is 1. The highest BCUT2D eigenvalue weighted by Crippen LogP contribution is 2.36. The molecule has 2 atom stereocenters. The summed E-state index contributed by atoms with van der Waals surface area (Å²) in [4.78, 5) is 43.2. The molecule has 0 unspecified atom stereocenters. The highest BCUT2D eigenvalue weighted by Gasteiger charge is 2.55. The highest BCUT2D eigenvalue weighted by molar-refractivity contribution is 6.00. The van der Waals surface area contributed by atoms with Gasteiger partial charge in [-0.05, 0) is 44.1 Å². The molecular formula is C27H43ClN5O5+. The largest absolute Gasteiger partial charge is 0.390 e. The van der Waals surface area contributed by atoms with Crippen LogP contribution < -0.4 is 15.4 Å². The van der Waals surface area contributed by atoms with Gasteiger partial charge in [0.1, 0.15) is 11.6 Å². The Morgan fingerprint density at radius 2 is 1.89 bits per heavy atom. The average molecular weight is 553 g/mol. The van der Waals surface area contributed by atoms with E-state index >= 15 is 0 Å². The van der Waals surface area contributed by atoms with Crippen LogP contribution in [0, 0.1) is 5.92 Å². The van der Waals surface area contributed by atoms with E-state index in [1.54, 1.807) is 11.0 Å². The zero-order valence-corrected chi connectivity index (χ0v) is 23.3. The summed E-state index contributed by atoms with van der Waals surface area (Å²) >= 11 is 0. The van der Waals surface area contributed by atoms with Crippen molar-refractivity contribution in [1.29, 1.82) is 0 Å². The summed E-state index contributed by atoms with van der Waals surface area (Å²) in [5.41, 5.74) is 0.0949. The first-order valence-corrected chi connectivity index (χ1v) is 13.8. The summed E-state index contributed by atoms with van der Waals surface area (Å²) in [5, 5.41) is 26.7. The minimum atomic E-state index is -0.897. The Bertz CT molecular complexity index is 994. The molecule has 0 radical (unpaired) electrons. The van der Waals surface area contributed by atoms with Crippen molar-refractivity contribution in [3.8, 4) is 0 Å². The normalized spacial score (nSPS) is 23.0. The van der Waals surface area contributed by atoms with Crippen LogP contribution in [0.15, 0.2) is 18.3 Å². The molecule has 10 nitrogen and oxygen atoms in total. The van der Waals surface area contributed by atoms with Crippen molar-refractivity contribution in [1.82, 2.24) is 20.4 Å². The zero-order valence-electron chi connectivity index (χ0n) is 22.5. The van der Waals surface area contributed by atoms with Crippen LogP contribution in [0.2, 0.25) is 0 Å². The van der Waals surface area contributed by atoms with Crippen molar-refractivity contribution in [2.24, 2.45) is 5.92 Å². The van der Waals surface area contributed by atoms with Crippen molar-refractivity contribution in [2.75, 3.05) is 26.7 Å². The number of carbonyl (C=O) groups excluding carboxylic acids is 3. The number of nitrogens with zero attached hydrogens (tertiary/aromatic N) is 3. The van der Waals surface area contributed by atoms with Gasteiger partial charge in [-0.2, -0.15) is 0 Å². The molecule has 2 aliphatic heterocycles. The topological polar surface area (TPSA) is 126 Å². The van der Waals surface area contributed by atoms with E-state index in [0.29, 0.717) is 39.0 Å². The Morgan fingerprint density at radius 3 is 2.50 bits per heavy atom. The molecule has 3 fully saturated rings. The van der Waals surface area contributed by atoms with Gasteiger partial charge in [-0.1, -0.05) is 32.6 Å². The lowest BCUT2D eigenvalue weighted by Crippen LogP contribution is -2.75. The molecule has 38 heavy (non-hydrogen) atoms. The number of rotatable bonds is 8. The van der Waals surface area contributed by atoms with Crippen molar-refractivity contribution in [2.45, 2.75) is 88.9 Å². The number of halogens is 1. The number of piperidine rings is 1. The Morgan fingerprint density at radius 1 is 1.21 bits per heavy atom. The summed E-state index contributed by atoms with van der Waals surface area (Å²) < 4.78 is 0.830. The Labute approximate surface area is 231 Å². The first-order valence-electron chi connectivity index (χ1n) is 13.8. The molecule has 3 heterocycles. The zero-order chi connectivity index (χ0) is 26.6. The lowest BCUT2D eigenvalue weighted by molar-refractivity contribution is -0.906. The van der Waals surface area contributed by atoms with Crippen LogP contribution in [-0.4, -0.2) is 82.2 Å². The van der Waals surface area contributed by atoms with Crippen LogP contribution in [0.25, 0.3) is 0 Å². The SMILES string of the molecule is CCCCN1C(=O)[C@@H]([C@H](O)C2CCCCC2)NC(=O)C12CCN(Cc1ccc(C(=O)NC)[n+](O)c1)CC2.Cl. The first kappa shape index (κ1) is 30.1. The van der Waals surface area contributed by atoms with Crippen LogP contribution in [0.4, 0.5) is 0 Å². The van der Waals surface area contributed by atoms with E-state index < -0.39 is 17.7 Å². The van der Waals surface area contributed by atoms with Gasteiger partial charge < -0.3 is 20.6 Å². The second kappa shape index (κ2) is 13.1. The summed E-state index contributed by atoms with van der Waals surface area (Å²) in [6.45, 7) is 4.37. The van der Waals surface area contributed by atoms with Crippen molar-refractivity contribution >= 4 is 30.1 Å². The van der Waals surface area contributed by atoms with E-state index in [4.69, 9.17) is 0 Å². The van der Waals surface area contributed by atoms with Gasteiger partial charge in [-0.15, -0.1) is 12.4 Å². The van der Waals surface area contributed by atoms with Crippen LogP contribution >= 0.6 is 12.4 Å². The van der Waals surface area contributed by atoms with Crippen LogP contribution in [0.1, 0.15) is 80.8 Å². The van der Waals surface area contributed by atoms with Gasteiger partial charge in [0, 0.05) is 49.6 Å². The number of hydrogen-bond acceptors (Lipinski definition) is 6. The third kappa shape index (κ3) is 6.07. The van der Waals surface area contributed by atoms with E-state index in [2.05, 4.69) is 22.5 Å². The predicted molar refractivity (Wildman–Crippen MR) is 143 cm³/mol. The second-order valence-corrected chi connectivity index (χ2v) is 10.8. The number of aliphatic hydroxyl groups is 1. The van der Waals surface area contributed by atoms with Gasteiger partial charge in [0.15, 0.2) is 0 Å². The van der Waals surface area contributed by atoms with E-state index in [9.17, 15) is 24.7 Å². The number of pyridine rings is 1. The van der Waals surface area contributed by atoms with Crippen molar-refractivity contribution in [3.05, 3.63) is 29.6 Å². The second-order valence-electron chi connectivity index (χ2n) is 10.8. The fraction of sp³-hybridized carbons (Fsp3) is 0.704. The quantitative estimate of drug-likeness (QED) is 0.285. The lowest BCUT2D eigenvalue weighted by atomic mass is 9.78. The number of carbonyl (C=O) groups is 3. The van der Waals surface area contributed by atoms with E-state index in [-0.39, 0.29) is 41.7 Å². The van der Waals surface area contributed by atoms with Crippen LogP contribution in [0.3, 0.4) is 0 Å². The van der Waals surface area contributed by atoms with E-state index in [1.165, 1.54) is 13.2 Å². The number of piperazine rings is 1. The molecule has 3 amide bonds. The summed E-state index contributed by atoms with van der Waals surface area (Å²) in [6.07, 6.45) is 8.49. The Balaban J connectivity index is 0.00000400. The fourth-order valence-electron chi connectivity index (χ4n) is 6.23. The van der Waals surface area contributed by atoms with Gasteiger partial charge in [-0.25, -0.2) is 0 Å². The fourth-order valence-corrected chi connectivity index (χ4v) is 6.23. The third-order valence-electron chi connectivity index (χ3n) is 8.51. The standard InChI is InChI=1S/C27H41N5O5.ClH/c1-3-4-14-31-25(35)22(23(33)20-8-6-5-7-9-20)29-26(36)27(31)12-15-30(16-13-27)17-19-10-11-21(24(34)28-2)32(37)18-19;/h10-11,18,20,22-23,33H,3-9,12-17H2,1-2H3,(H2-,28,29,34,36,37);1H/p+1/t22-,23-;/m1./s1. The molecule has 0 bridgehead atoms. The molecule has 2 saturated heterocycles. The van der Waals surface area contributed by atoms with Crippen molar-refractivity contribution in [3.63, 3.8) is 0 Å². The highest BCUT2D eigenvalue weighted by atomic mass is 35.5. The number of aromatic nitrogens is 1. The predicted octanol–water partition coefficient (Wildman–Crippen LogP) is 1.40. The molecule has 212 valence electrons. The summed E-state index contributed by atoms with van der Waals surface area (Å²) in [6, 6.07) is 2.52. The average Bonchev–Trinajstić information content (AvgIpc) is 2.91. The summed E-state index contributed by atoms with van der Waals surface area (Å²) in [7, 11) is 1.51. The first-order chi connectivity index (χ1) is 17.8. The molecular weight excluding hydrogens is 510 g/mol. The third-order valence-corrected chi connectivity index (χ3v) is 8.51. The molecule has 1 aliphatic carbocycles. The minimum absolute atomic E-state index is 0. The maximum atomic E-state index is 13.7. The van der Waals surface area contributed by atoms with Gasteiger partial charge in [0.25, 0.3) is 0 Å². The van der Waals surface area contributed by atoms with Crippen LogP contribution in [-0.2, 0) is 16.1 Å². The number of aliphatic hydroxyl groups excluding tert-OH is 1. The molecule has 1 aromatic heterocycles. The van der Waals surface area contributed by atoms with Gasteiger partial charge >= 0.3 is 11.6 Å². The molecule has 1 aromatic rings. The van der Waals surface area contributed by atoms with Gasteiger partial charge in [0.05, 0.1) is 6.10 Å². The lowest BCUT2D eigenvalue weighted by Gasteiger charge is -2.52. The molecule has 4 rings (SSSR count). The molecule has 3 aliphatic rings. The molecule has 11 heteroatoms. The van der Waals surface area contributed by atoms with Gasteiger partial charge in [-0.3, -0.25) is 24.5 Å². The van der Waals surface area contributed by atoms with Gasteiger partial charge in [0.2, 0.25) is 18.0 Å². The molecule has 1 saturated carbocycles. The Hall–Kier alpha value is -2.43. The smallest absolute Gasteiger partial charge is 0.321 e. The molecule has 4 N–H and O–H groups in total.